The largest absolute Gasteiger partial charge is 0.496 e. The summed E-state index contributed by atoms with van der Waals surface area (Å²) < 4.78 is 32.8. The predicted molar refractivity (Wildman–Crippen MR) is 84.2 cm³/mol. The highest BCUT2D eigenvalue weighted by atomic mass is 32.2. The van der Waals surface area contributed by atoms with Crippen LogP contribution in [-0.4, -0.2) is 35.7 Å². The van der Waals surface area contributed by atoms with Gasteiger partial charge in [-0.25, -0.2) is 13.1 Å². The van der Waals surface area contributed by atoms with E-state index in [9.17, 15) is 8.42 Å². The number of hydrogen-bond donors (Lipinski definition) is 2. The molecule has 5 nitrogen and oxygen atoms in total. The molecule has 0 unspecified atom stereocenters. The number of benzene rings is 2. The number of fused-ring (bicyclic) bond motifs is 1. The molecule has 0 atom stereocenters. The Morgan fingerprint density at radius 1 is 1.05 bits per heavy atom. The first-order valence-corrected chi connectivity index (χ1v) is 8.28. The summed E-state index contributed by atoms with van der Waals surface area (Å²) in [4.78, 5) is 0.281. The molecule has 0 heterocycles. The molecule has 0 aromatic heterocycles. The number of methoxy groups -OCH3 is 1. The van der Waals surface area contributed by atoms with Crippen LogP contribution in [0.3, 0.4) is 0 Å². The van der Waals surface area contributed by atoms with Crippen LogP contribution in [0.15, 0.2) is 41.3 Å². The van der Waals surface area contributed by atoms with Gasteiger partial charge >= 0.3 is 0 Å². The van der Waals surface area contributed by atoms with Crippen LogP contribution in [0, 0.1) is 0 Å². The zero-order chi connectivity index (χ0) is 15.3. The maximum absolute atomic E-state index is 12.4. The molecule has 2 aromatic rings. The summed E-state index contributed by atoms with van der Waals surface area (Å²) in [5.74, 6) is 0.666. The molecule has 0 saturated heterocycles. The summed E-state index contributed by atoms with van der Waals surface area (Å²) in [7, 11) is -0.112. The van der Waals surface area contributed by atoms with E-state index in [0.717, 1.165) is 18.4 Å². The van der Waals surface area contributed by atoms with Gasteiger partial charge in [0, 0.05) is 17.3 Å². The Hall–Kier alpha value is -1.63. The van der Waals surface area contributed by atoms with Gasteiger partial charge in [0.1, 0.15) is 5.75 Å². The van der Waals surface area contributed by atoms with E-state index in [-0.39, 0.29) is 4.90 Å². The Morgan fingerprint density at radius 2 is 1.76 bits per heavy atom. The summed E-state index contributed by atoms with van der Waals surface area (Å²) in [6.45, 7) is 1.18. The van der Waals surface area contributed by atoms with Crippen LogP contribution in [0.25, 0.3) is 10.8 Å². The van der Waals surface area contributed by atoms with E-state index in [2.05, 4.69) is 10.0 Å². The fourth-order valence-electron chi connectivity index (χ4n) is 2.21. The molecule has 21 heavy (non-hydrogen) atoms. The first-order chi connectivity index (χ1) is 10.1. The zero-order valence-corrected chi connectivity index (χ0v) is 13.0. The second-order valence-electron chi connectivity index (χ2n) is 4.67. The van der Waals surface area contributed by atoms with Crippen LogP contribution in [0.2, 0.25) is 0 Å². The van der Waals surface area contributed by atoms with Gasteiger partial charge < -0.3 is 10.1 Å². The normalized spacial score (nSPS) is 11.7. The van der Waals surface area contributed by atoms with Gasteiger partial charge in [-0.2, -0.15) is 0 Å². The molecule has 0 amide bonds. The summed E-state index contributed by atoms with van der Waals surface area (Å²) in [5, 5.41) is 4.44. The molecular weight excluding hydrogens is 288 g/mol. The van der Waals surface area contributed by atoms with Crippen molar-refractivity contribution in [2.75, 3.05) is 27.2 Å². The molecule has 0 bridgehead atoms. The molecule has 2 N–H and O–H groups in total. The van der Waals surface area contributed by atoms with Crippen LogP contribution in [0.1, 0.15) is 6.42 Å². The van der Waals surface area contributed by atoms with Crippen LogP contribution in [0.4, 0.5) is 0 Å². The van der Waals surface area contributed by atoms with E-state index in [0.29, 0.717) is 17.7 Å². The van der Waals surface area contributed by atoms with Crippen molar-refractivity contribution in [3.8, 4) is 5.75 Å². The molecule has 6 heteroatoms. The van der Waals surface area contributed by atoms with Crippen LogP contribution in [-0.2, 0) is 10.0 Å². The molecule has 2 aromatic carbocycles. The standard InChI is InChI=1S/C15H20N2O3S/c1-16-10-5-11-17-21(18,19)15-9-8-14(20-2)12-6-3-4-7-13(12)15/h3-4,6-9,16-17H,5,10-11H2,1-2H3. The molecule has 0 aliphatic heterocycles. The summed E-state index contributed by atoms with van der Waals surface area (Å²) in [6.07, 6.45) is 0.740. The zero-order valence-electron chi connectivity index (χ0n) is 12.2. The van der Waals surface area contributed by atoms with Crippen molar-refractivity contribution in [2.45, 2.75) is 11.3 Å². The second-order valence-corrected chi connectivity index (χ2v) is 6.40. The minimum atomic E-state index is -3.53. The first kappa shape index (κ1) is 15.8. The second kappa shape index (κ2) is 6.89. The van der Waals surface area contributed by atoms with E-state index in [1.807, 2.05) is 25.2 Å². The third-order valence-electron chi connectivity index (χ3n) is 3.25. The average Bonchev–Trinajstić information content (AvgIpc) is 2.50. The van der Waals surface area contributed by atoms with Gasteiger partial charge in [-0.15, -0.1) is 0 Å². The van der Waals surface area contributed by atoms with E-state index in [1.165, 1.54) is 0 Å². The molecule has 0 aliphatic rings. The molecule has 0 spiro atoms. The number of nitrogens with one attached hydrogen (secondary N) is 2. The van der Waals surface area contributed by atoms with E-state index < -0.39 is 10.0 Å². The molecule has 114 valence electrons. The van der Waals surface area contributed by atoms with E-state index >= 15 is 0 Å². The minimum absolute atomic E-state index is 0.281. The molecular formula is C15H20N2O3S. The Morgan fingerprint density at radius 3 is 2.43 bits per heavy atom. The Kier molecular flexibility index (Phi) is 5.17. The van der Waals surface area contributed by atoms with Crippen molar-refractivity contribution in [2.24, 2.45) is 0 Å². The number of rotatable bonds is 7. The highest BCUT2D eigenvalue weighted by Crippen LogP contribution is 2.30. The lowest BCUT2D eigenvalue weighted by atomic mass is 10.1. The van der Waals surface area contributed by atoms with Gasteiger partial charge in [0.2, 0.25) is 10.0 Å². The smallest absolute Gasteiger partial charge is 0.241 e. The van der Waals surface area contributed by atoms with Crippen molar-refractivity contribution in [3.05, 3.63) is 36.4 Å². The first-order valence-electron chi connectivity index (χ1n) is 6.80. The topological polar surface area (TPSA) is 67.4 Å². The van der Waals surface area contributed by atoms with Gasteiger partial charge in [-0.3, -0.25) is 0 Å². The van der Waals surface area contributed by atoms with Crippen molar-refractivity contribution >= 4 is 20.8 Å². The lowest BCUT2D eigenvalue weighted by Crippen LogP contribution is -2.27. The molecule has 0 saturated carbocycles. The van der Waals surface area contributed by atoms with Crippen LogP contribution < -0.4 is 14.8 Å². The molecule has 2 rings (SSSR count). The summed E-state index contributed by atoms with van der Waals surface area (Å²) in [6, 6.07) is 10.6. The molecule has 0 radical (unpaired) electrons. The maximum Gasteiger partial charge on any atom is 0.241 e. The van der Waals surface area contributed by atoms with Gasteiger partial charge in [-0.05, 0) is 32.1 Å². The van der Waals surface area contributed by atoms with Crippen molar-refractivity contribution in [1.82, 2.24) is 10.0 Å². The van der Waals surface area contributed by atoms with E-state index in [1.54, 1.807) is 25.3 Å². The lowest BCUT2D eigenvalue weighted by Gasteiger charge is -2.12. The van der Waals surface area contributed by atoms with Gasteiger partial charge in [0.15, 0.2) is 0 Å². The molecule has 0 fully saturated rings. The van der Waals surface area contributed by atoms with Crippen LogP contribution in [0.5, 0.6) is 5.75 Å². The van der Waals surface area contributed by atoms with Crippen molar-refractivity contribution in [1.29, 1.82) is 0 Å². The minimum Gasteiger partial charge on any atom is -0.496 e. The highest BCUT2D eigenvalue weighted by molar-refractivity contribution is 7.89. The Labute approximate surface area is 125 Å². The van der Waals surface area contributed by atoms with Gasteiger partial charge in [0.25, 0.3) is 0 Å². The van der Waals surface area contributed by atoms with Crippen molar-refractivity contribution < 1.29 is 13.2 Å². The van der Waals surface area contributed by atoms with Gasteiger partial charge in [-0.1, -0.05) is 24.3 Å². The fourth-order valence-corrected chi connectivity index (χ4v) is 3.49. The van der Waals surface area contributed by atoms with Gasteiger partial charge in [0.05, 0.1) is 12.0 Å². The Balaban J connectivity index is 2.37. The third kappa shape index (κ3) is 3.53. The number of hydrogen-bond acceptors (Lipinski definition) is 4. The maximum atomic E-state index is 12.4. The monoisotopic (exact) mass is 308 g/mol. The third-order valence-corrected chi connectivity index (χ3v) is 4.77. The quantitative estimate of drug-likeness (QED) is 0.765. The van der Waals surface area contributed by atoms with Crippen molar-refractivity contribution in [3.63, 3.8) is 0 Å². The predicted octanol–water partition coefficient (Wildman–Crippen LogP) is 1.74. The highest BCUT2D eigenvalue weighted by Gasteiger charge is 2.18. The fraction of sp³-hybridized carbons (Fsp3) is 0.333. The average molecular weight is 308 g/mol. The van der Waals surface area contributed by atoms with Crippen LogP contribution >= 0.6 is 0 Å². The molecule has 0 aliphatic carbocycles. The van der Waals surface area contributed by atoms with E-state index in [4.69, 9.17) is 4.74 Å². The number of sulfonamides is 1. The lowest BCUT2D eigenvalue weighted by molar-refractivity contribution is 0.419. The number of ether oxygens (including phenoxy) is 1. The SMILES string of the molecule is CNCCCNS(=O)(=O)c1ccc(OC)c2ccccc12. The summed E-state index contributed by atoms with van der Waals surface area (Å²) in [5.41, 5.74) is 0. The summed E-state index contributed by atoms with van der Waals surface area (Å²) >= 11 is 0. The Bertz CT molecular complexity index is 714.